The van der Waals surface area contributed by atoms with Gasteiger partial charge in [-0.25, -0.2) is 0 Å². The van der Waals surface area contributed by atoms with Crippen LogP contribution >= 0.6 is 0 Å². The largest absolute Gasteiger partial charge is 0.416 e. The van der Waals surface area contributed by atoms with E-state index in [-0.39, 0.29) is 5.56 Å². The number of aliphatic hydroxyl groups excluding tert-OH is 1. The molecule has 0 aliphatic carbocycles. The van der Waals surface area contributed by atoms with Crippen LogP contribution in [0.2, 0.25) is 0 Å². The quantitative estimate of drug-likeness (QED) is 0.898. The lowest BCUT2D eigenvalue weighted by atomic mass is 9.99. The minimum Gasteiger partial charge on any atom is -0.394 e. The molecule has 0 fully saturated rings. The summed E-state index contributed by atoms with van der Waals surface area (Å²) in [7, 11) is 1.67. The average Bonchev–Trinajstić information content (AvgIpc) is 2.76. The van der Waals surface area contributed by atoms with Crippen LogP contribution in [0.5, 0.6) is 0 Å². The van der Waals surface area contributed by atoms with Gasteiger partial charge in [0.1, 0.15) is 0 Å². The molecule has 2 rings (SSSR count). The zero-order valence-corrected chi connectivity index (χ0v) is 13.5. The number of carbonyl (C=O) groups is 1. The Hall–Kier alpha value is -2.35. The number of rotatable bonds is 4. The zero-order valence-electron chi connectivity index (χ0n) is 13.5. The molecule has 8 heteroatoms. The predicted molar refractivity (Wildman–Crippen MR) is 81.4 cm³/mol. The number of aliphatic hydroxyl groups is 1. The molecule has 1 atom stereocenters. The van der Waals surface area contributed by atoms with Gasteiger partial charge in [-0.3, -0.25) is 9.48 Å². The fraction of sp³-hybridized carbons (Fsp3) is 0.375. The molecule has 0 spiro atoms. The van der Waals surface area contributed by atoms with Gasteiger partial charge < -0.3 is 10.4 Å². The van der Waals surface area contributed by atoms with Crippen molar-refractivity contribution >= 4 is 5.91 Å². The van der Waals surface area contributed by atoms with Crippen LogP contribution in [0.1, 0.15) is 38.9 Å². The summed E-state index contributed by atoms with van der Waals surface area (Å²) in [6, 6.07) is 3.68. The van der Waals surface area contributed by atoms with E-state index in [0.717, 1.165) is 6.07 Å². The van der Waals surface area contributed by atoms with Crippen LogP contribution in [-0.2, 0) is 13.2 Å². The average molecular weight is 341 g/mol. The van der Waals surface area contributed by atoms with Crippen molar-refractivity contribution in [2.24, 2.45) is 7.05 Å². The highest BCUT2D eigenvalue weighted by atomic mass is 19.4. The Morgan fingerprint density at radius 2 is 1.96 bits per heavy atom. The minimum absolute atomic E-state index is 0.181. The van der Waals surface area contributed by atoms with Gasteiger partial charge in [-0.2, -0.15) is 18.3 Å². The number of aromatic nitrogens is 2. The van der Waals surface area contributed by atoms with E-state index >= 15 is 0 Å². The van der Waals surface area contributed by atoms with E-state index in [4.69, 9.17) is 0 Å². The van der Waals surface area contributed by atoms with E-state index in [1.165, 1.54) is 22.9 Å². The van der Waals surface area contributed by atoms with Crippen molar-refractivity contribution in [1.82, 2.24) is 15.1 Å². The van der Waals surface area contributed by atoms with Crippen LogP contribution < -0.4 is 5.32 Å². The number of carbonyl (C=O) groups excluding carboxylic acids is 1. The summed E-state index contributed by atoms with van der Waals surface area (Å²) in [5.41, 5.74) is 0.281. The molecule has 2 N–H and O–H groups in total. The van der Waals surface area contributed by atoms with Gasteiger partial charge in [-0.1, -0.05) is 18.2 Å². The maximum atomic E-state index is 13.1. The maximum absolute atomic E-state index is 13.1. The van der Waals surface area contributed by atoms with Crippen molar-refractivity contribution in [3.63, 3.8) is 0 Å². The second kappa shape index (κ2) is 6.64. The summed E-state index contributed by atoms with van der Waals surface area (Å²) in [5.74, 6) is -0.575. The Bertz CT molecular complexity index is 754. The van der Waals surface area contributed by atoms with Gasteiger partial charge in [-0.05, 0) is 25.5 Å². The zero-order chi connectivity index (χ0) is 18.1. The number of hydrogen-bond acceptors (Lipinski definition) is 3. The minimum atomic E-state index is -4.57. The molecule has 2 aromatic rings. The SMILES string of the molecule is Cc1nn(C)c(C)c1C(=O)NC(CO)c1ccccc1C(F)(F)F. The van der Waals surface area contributed by atoms with Crippen molar-refractivity contribution < 1.29 is 23.1 Å². The molecule has 1 aromatic heterocycles. The molecule has 24 heavy (non-hydrogen) atoms. The summed E-state index contributed by atoms with van der Waals surface area (Å²) in [4.78, 5) is 12.4. The number of nitrogens with zero attached hydrogens (tertiary/aromatic N) is 2. The van der Waals surface area contributed by atoms with Gasteiger partial charge in [0, 0.05) is 12.7 Å². The number of alkyl halides is 3. The molecule has 1 amide bonds. The molecule has 0 saturated carbocycles. The Labute approximate surface area is 137 Å². The van der Waals surface area contributed by atoms with E-state index in [9.17, 15) is 23.1 Å². The summed E-state index contributed by atoms with van der Waals surface area (Å²) in [6.45, 7) is 2.67. The Kier molecular flexibility index (Phi) is 4.98. The lowest BCUT2D eigenvalue weighted by Gasteiger charge is -2.21. The molecular formula is C16H18F3N3O2. The summed E-state index contributed by atoms with van der Waals surface area (Å²) >= 11 is 0. The second-order valence-corrected chi connectivity index (χ2v) is 5.46. The van der Waals surface area contributed by atoms with E-state index in [2.05, 4.69) is 10.4 Å². The van der Waals surface area contributed by atoms with Crippen molar-refractivity contribution in [3.8, 4) is 0 Å². The van der Waals surface area contributed by atoms with Gasteiger partial charge >= 0.3 is 6.18 Å². The highest BCUT2D eigenvalue weighted by molar-refractivity contribution is 5.96. The van der Waals surface area contributed by atoms with Gasteiger partial charge in [-0.15, -0.1) is 0 Å². The number of benzene rings is 1. The lowest BCUT2D eigenvalue weighted by Crippen LogP contribution is -2.33. The molecule has 0 aliphatic heterocycles. The van der Waals surface area contributed by atoms with E-state index in [1.54, 1.807) is 20.9 Å². The van der Waals surface area contributed by atoms with Crippen molar-refractivity contribution in [3.05, 3.63) is 52.3 Å². The molecule has 1 aromatic carbocycles. The van der Waals surface area contributed by atoms with Crippen molar-refractivity contribution in [2.75, 3.05) is 6.61 Å². The molecule has 1 unspecified atom stereocenters. The third-order valence-electron chi connectivity index (χ3n) is 3.87. The van der Waals surface area contributed by atoms with Gasteiger partial charge in [0.15, 0.2) is 0 Å². The van der Waals surface area contributed by atoms with Gasteiger partial charge in [0.05, 0.1) is 29.5 Å². The summed E-state index contributed by atoms with van der Waals surface area (Å²) in [5, 5.41) is 16.1. The van der Waals surface area contributed by atoms with E-state index in [0.29, 0.717) is 17.0 Å². The predicted octanol–water partition coefficient (Wildman–Crippen LogP) is 2.52. The number of hydrogen-bond donors (Lipinski definition) is 2. The molecule has 0 saturated heterocycles. The first-order chi connectivity index (χ1) is 11.2. The molecule has 5 nitrogen and oxygen atoms in total. The van der Waals surface area contributed by atoms with Crippen LogP contribution in [0, 0.1) is 13.8 Å². The molecule has 130 valence electrons. The molecule has 0 bridgehead atoms. The second-order valence-electron chi connectivity index (χ2n) is 5.46. The first kappa shape index (κ1) is 18.0. The number of amides is 1. The smallest absolute Gasteiger partial charge is 0.394 e. The lowest BCUT2D eigenvalue weighted by molar-refractivity contribution is -0.138. The number of nitrogens with one attached hydrogen (secondary N) is 1. The van der Waals surface area contributed by atoms with Crippen LogP contribution in [0.3, 0.4) is 0 Å². The van der Waals surface area contributed by atoms with Gasteiger partial charge in [0.25, 0.3) is 5.91 Å². The third-order valence-corrected chi connectivity index (χ3v) is 3.87. The standard InChI is InChI=1S/C16H18F3N3O2/c1-9-14(10(2)22(3)21-9)15(24)20-13(8-23)11-6-4-5-7-12(11)16(17,18)19/h4-7,13,23H,8H2,1-3H3,(H,20,24). The van der Waals surface area contributed by atoms with Crippen LogP contribution in [-0.4, -0.2) is 27.4 Å². The summed E-state index contributed by atoms with van der Waals surface area (Å²) < 4.78 is 40.9. The monoisotopic (exact) mass is 341 g/mol. The Balaban J connectivity index is 2.36. The Morgan fingerprint density at radius 3 is 2.46 bits per heavy atom. The molecule has 1 heterocycles. The normalized spacial score (nSPS) is 13.0. The van der Waals surface area contributed by atoms with Crippen LogP contribution in [0.4, 0.5) is 13.2 Å². The van der Waals surface area contributed by atoms with E-state index in [1.807, 2.05) is 0 Å². The topological polar surface area (TPSA) is 67.2 Å². The first-order valence-corrected chi connectivity index (χ1v) is 7.24. The third kappa shape index (κ3) is 3.43. The highest BCUT2D eigenvalue weighted by Crippen LogP contribution is 2.34. The fourth-order valence-corrected chi connectivity index (χ4v) is 2.61. The van der Waals surface area contributed by atoms with Gasteiger partial charge in [0.2, 0.25) is 0 Å². The molecule has 0 radical (unpaired) electrons. The van der Waals surface area contributed by atoms with Crippen LogP contribution in [0.25, 0.3) is 0 Å². The number of halogens is 3. The maximum Gasteiger partial charge on any atom is 0.416 e. The fourth-order valence-electron chi connectivity index (χ4n) is 2.61. The summed E-state index contributed by atoms with van der Waals surface area (Å²) in [6.07, 6.45) is -4.57. The van der Waals surface area contributed by atoms with Crippen molar-refractivity contribution in [1.29, 1.82) is 0 Å². The van der Waals surface area contributed by atoms with Crippen molar-refractivity contribution in [2.45, 2.75) is 26.1 Å². The Morgan fingerprint density at radius 1 is 1.33 bits per heavy atom. The van der Waals surface area contributed by atoms with Crippen LogP contribution in [0.15, 0.2) is 24.3 Å². The molecular weight excluding hydrogens is 323 g/mol. The first-order valence-electron chi connectivity index (χ1n) is 7.24. The highest BCUT2D eigenvalue weighted by Gasteiger charge is 2.35. The molecule has 0 aliphatic rings. The number of aryl methyl sites for hydroxylation is 2. The van der Waals surface area contributed by atoms with E-state index < -0.39 is 30.3 Å².